The van der Waals surface area contributed by atoms with Crippen molar-refractivity contribution in [1.29, 1.82) is 0 Å². The Morgan fingerprint density at radius 2 is 1.57 bits per heavy atom. The lowest BCUT2D eigenvalue weighted by molar-refractivity contribution is -0.159. The Hall–Kier alpha value is -4.12. The van der Waals surface area contributed by atoms with Gasteiger partial charge in [0.2, 0.25) is 11.8 Å². The third-order valence-corrected chi connectivity index (χ3v) is 6.69. The number of nitrogens with zero attached hydrogens (tertiary/aromatic N) is 2. The summed E-state index contributed by atoms with van der Waals surface area (Å²) in [4.78, 5) is 61.8. The van der Waals surface area contributed by atoms with E-state index in [9.17, 15) is 29.1 Å². The maximum absolute atomic E-state index is 12.6. The van der Waals surface area contributed by atoms with Crippen molar-refractivity contribution < 1.29 is 33.8 Å². The van der Waals surface area contributed by atoms with Crippen LogP contribution in [0.25, 0.3) is 0 Å². The molecule has 2 aromatic rings. The highest BCUT2D eigenvalue weighted by Crippen LogP contribution is 2.39. The van der Waals surface area contributed by atoms with Crippen LogP contribution in [-0.4, -0.2) is 61.4 Å². The monoisotopic (exact) mass is 495 g/mol. The summed E-state index contributed by atoms with van der Waals surface area (Å²) in [5.74, 6) is -1.57. The van der Waals surface area contributed by atoms with E-state index in [2.05, 4.69) is 11.9 Å². The minimum absolute atomic E-state index is 0.204. The Morgan fingerprint density at radius 3 is 1.94 bits per heavy atom. The van der Waals surface area contributed by atoms with Gasteiger partial charge in [-0.3, -0.25) is 19.2 Å². The molecule has 35 heavy (non-hydrogen) atoms. The summed E-state index contributed by atoms with van der Waals surface area (Å²) in [6, 6.07) is 11.7. The number of carbonyl (C=O) groups is 5. The molecule has 3 unspecified atom stereocenters. The molecule has 0 spiro atoms. The minimum atomic E-state index is -1.34. The van der Waals surface area contributed by atoms with Gasteiger partial charge in [0.25, 0.3) is 11.8 Å². The molecule has 1 fully saturated rings. The van der Waals surface area contributed by atoms with Gasteiger partial charge in [0.15, 0.2) is 6.04 Å². The summed E-state index contributed by atoms with van der Waals surface area (Å²) in [6.07, 6.45) is 0. The maximum Gasteiger partial charge on any atom is 0.330 e. The van der Waals surface area contributed by atoms with Crippen LogP contribution in [-0.2, 0) is 14.4 Å². The predicted octanol–water partition coefficient (Wildman–Crippen LogP) is 2.43. The SMILES string of the molecule is C=C(C)C(C(=O)O)N1C(=O)C(NC(C)=O)C1SN1C(=O)c2ccccc2C1=O.c1cc2cc(c1)O2. The van der Waals surface area contributed by atoms with Crippen LogP contribution in [0.5, 0.6) is 11.5 Å². The number of amides is 4. The first kappa shape index (κ1) is 24.0. The van der Waals surface area contributed by atoms with Crippen LogP contribution in [0.2, 0.25) is 0 Å². The molecule has 4 amide bonds. The van der Waals surface area contributed by atoms with E-state index in [1.807, 2.05) is 24.3 Å². The van der Waals surface area contributed by atoms with E-state index >= 15 is 0 Å². The summed E-state index contributed by atoms with van der Waals surface area (Å²) in [5, 5.41) is 11.0. The van der Waals surface area contributed by atoms with Gasteiger partial charge in [-0.2, -0.15) is 0 Å². The van der Waals surface area contributed by atoms with Gasteiger partial charge in [0.1, 0.15) is 22.9 Å². The minimum Gasteiger partial charge on any atom is -0.479 e. The van der Waals surface area contributed by atoms with E-state index in [0.717, 1.165) is 20.7 Å². The van der Waals surface area contributed by atoms with Crippen molar-refractivity contribution in [2.75, 3.05) is 0 Å². The van der Waals surface area contributed by atoms with Crippen molar-refractivity contribution in [3.05, 3.63) is 71.8 Å². The lowest BCUT2D eigenvalue weighted by Crippen LogP contribution is -2.73. The number of imide groups is 1. The Bertz CT molecular complexity index is 1200. The fourth-order valence-corrected chi connectivity index (χ4v) is 5.08. The predicted molar refractivity (Wildman–Crippen MR) is 126 cm³/mol. The molecule has 3 atom stereocenters. The van der Waals surface area contributed by atoms with Crippen LogP contribution in [0.3, 0.4) is 0 Å². The van der Waals surface area contributed by atoms with Crippen molar-refractivity contribution in [2.45, 2.75) is 31.3 Å². The van der Waals surface area contributed by atoms with Gasteiger partial charge < -0.3 is 20.1 Å². The molecule has 10 nitrogen and oxygen atoms in total. The number of β-lactam (4-membered cyclic amide) rings is 1. The molecule has 180 valence electrons. The largest absolute Gasteiger partial charge is 0.479 e. The zero-order valence-electron chi connectivity index (χ0n) is 18.8. The molecule has 4 aliphatic heterocycles. The lowest BCUT2D eigenvalue weighted by atomic mass is 9.99. The number of carboxylic acid groups (broad SMARTS) is 1. The van der Waals surface area contributed by atoms with Gasteiger partial charge >= 0.3 is 5.97 Å². The van der Waals surface area contributed by atoms with E-state index < -0.39 is 47.1 Å². The lowest BCUT2D eigenvalue weighted by Gasteiger charge is -2.49. The van der Waals surface area contributed by atoms with Crippen LogP contribution in [0.4, 0.5) is 0 Å². The smallest absolute Gasteiger partial charge is 0.330 e. The molecule has 11 heteroatoms. The molecular weight excluding hydrogens is 474 g/mol. The van der Waals surface area contributed by atoms with E-state index in [0.29, 0.717) is 11.9 Å². The summed E-state index contributed by atoms with van der Waals surface area (Å²) in [6.45, 7) is 6.29. The highest BCUT2D eigenvalue weighted by atomic mass is 32.2. The summed E-state index contributed by atoms with van der Waals surface area (Å²) >= 11 is 0.712. The molecular formula is C24H21N3O7S. The van der Waals surface area contributed by atoms with Crippen molar-refractivity contribution in [1.82, 2.24) is 14.5 Å². The van der Waals surface area contributed by atoms with Crippen LogP contribution >= 0.6 is 11.9 Å². The third kappa shape index (κ3) is 4.37. The van der Waals surface area contributed by atoms with Crippen LogP contribution in [0, 0.1) is 0 Å². The molecule has 0 aliphatic carbocycles. The number of ether oxygens (including phenoxy) is 1. The van der Waals surface area contributed by atoms with Gasteiger partial charge in [-0.1, -0.05) is 24.8 Å². The number of aliphatic carboxylic acids is 1. The average Bonchev–Trinajstić information content (AvgIpc) is 3.04. The van der Waals surface area contributed by atoms with E-state index in [4.69, 9.17) is 4.74 Å². The summed E-state index contributed by atoms with van der Waals surface area (Å²) in [7, 11) is 0. The van der Waals surface area contributed by atoms with Gasteiger partial charge in [-0.25, -0.2) is 9.10 Å². The van der Waals surface area contributed by atoms with Crippen LogP contribution in [0.1, 0.15) is 34.6 Å². The topological polar surface area (TPSA) is 133 Å². The third-order valence-electron chi connectivity index (χ3n) is 5.43. The van der Waals surface area contributed by atoms with Gasteiger partial charge in [-0.05, 0) is 48.7 Å². The number of hydrogen-bond acceptors (Lipinski definition) is 7. The average molecular weight is 496 g/mol. The molecule has 0 aromatic heterocycles. The van der Waals surface area contributed by atoms with Gasteiger partial charge in [0, 0.05) is 13.0 Å². The van der Waals surface area contributed by atoms with Crippen molar-refractivity contribution in [2.24, 2.45) is 0 Å². The Kier molecular flexibility index (Phi) is 6.35. The summed E-state index contributed by atoms with van der Waals surface area (Å²) in [5.41, 5.74) is 0.654. The number of hydrogen-bond donors (Lipinski definition) is 2. The molecule has 4 heterocycles. The van der Waals surface area contributed by atoms with Crippen molar-refractivity contribution >= 4 is 41.5 Å². The van der Waals surface area contributed by atoms with E-state index in [1.165, 1.54) is 26.0 Å². The molecule has 2 aromatic carbocycles. The molecule has 0 radical (unpaired) electrons. The van der Waals surface area contributed by atoms with Crippen LogP contribution < -0.4 is 10.1 Å². The molecule has 2 bridgehead atoms. The van der Waals surface area contributed by atoms with Crippen molar-refractivity contribution in [3.63, 3.8) is 0 Å². The molecule has 0 saturated carbocycles. The zero-order valence-corrected chi connectivity index (χ0v) is 19.6. The van der Waals surface area contributed by atoms with Gasteiger partial charge in [0.05, 0.1) is 11.1 Å². The molecule has 4 aliphatic rings. The second-order valence-corrected chi connectivity index (χ2v) is 9.09. The standard InChI is InChI=1S/C18H17N3O6S.C6H4O/c1-8(2)13(18(26)27)20-16(25)12(19-9(3)22)17(20)28-21-14(23)10-6-4-5-7-11(10)15(21)24;1-2-5-4-6(3-1)7-5/h4-7,12-13,17H,1H2,2-3H3,(H,19,22)(H,26,27);1-4H. The molecule has 6 rings (SSSR count). The number of carboxylic acids is 1. The number of fused-ring (bicyclic) bond motifs is 3. The second kappa shape index (κ2) is 9.26. The summed E-state index contributed by atoms with van der Waals surface area (Å²) < 4.78 is 5.90. The Morgan fingerprint density at radius 1 is 1.03 bits per heavy atom. The quantitative estimate of drug-likeness (QED) is 0.231. The first-order chi connectivity index (χ1) is 16.6. The molecule has 2 N–H and O–H groups in total. The number of carbonyl (C=O) groups excluding carboxylic acids is 4. The normalized spacial score (nSPS) is 19.9. The first-order valence-electron chi connectivity index (χ1n) is 10.5. The van der Waals surface area contributed by atoms with E-state index in [1.54, 1.807) is 12.1 Å². The fourth-order valence-electron chi connectivity index (χ4n) is 3.84. The number of nitrogens with one attached hydrogen (secondary N) is 1. The maximum atomic E-state index is 12.6. The Labute approximate surface area is 204 Å². The zero-order chi connectivity index (χ0) is 25.4. The fraction of sp³-hybridized carbons (Fsp3) is 0.208. The number of likely N-dealkylation sites (tertiary alicyclic amines) is 1. The highest BCUT2D eigenvalue weighted by molar-refractivity contribution is 7.98. The van der Waals surface area contributed by atoms with E-state index in [-0.39, 0.29) is 16.7 Å². The molecule has 1 saturated heterocycles. The number of rotatable bonds is 6. The number of benzene rings is 2. The second-order valence-electron chi connectivity index (χ2n) is 8.03. The first-order valence-corrected chi connectivity index (χ1v) is 11.3. The van der Waals surface area contributed by atoms with Crippen LogP contribution in [0.15, 0.2) is 60.7 Å². The van der Waals surface area contributed by atoms with Crippen molar-refractivity contribution in [3.8, 4) is 11.5 Å². The highest BCUT2D eigenvalue weighted by Gasteiger charge is 2.55. The Balaban J connectivity index is 0.000000347. The van der Waals surface area contributed by atoms with Gasteiger partial charge in [-0.15, -0.1) is 0 Å².